The molecule has 1 aromatic heterocycles. The Morgan fingerprint density at radius 2 is 1.83 bits per heavy atom. The van der Waals surface area contributed by atoms with E-state index in [9.17, 15) is 4.79 Å². The smallest absolute Gasteiger partial charge is 0.248 e. The molecule has 0 saturated carbocycles. The third-order valence-corrected chi connectivity index (χ3v) is 3.55. The van der Waals surface area contributed by atoms with E-state index in [1.54, 1.807) is 0 Å². The molecule has 0 saturated heterocycles. The van der Waals surface area contributed by atoms with Crippen molar-refractivity contribution < 1.29 is 4.79 Å². The first-order valence-corrected chi connectivity index (χ1v) is 7.96. The molecule has 1 heterocycles. The first-order valence-electron chi connectivity index (χ1n) is 7.96. The van der Waals surface area contributed by atoms with E-state index in [2.05, 4.69) is 27.7 Å². The fraction of sp³-hybridized carbons (Fsp3) is 0.222. The van der Waals surface area contributed by atoms with E-state index in [0.717, 1.165) is 24.1 Å². The molecule has 0 spiro atoms. The Morgan fingerprint density at radius 1 is 1.08 bits per heavy atom. The van der Waals surface area contributed by atoms with Crippen LogP contribution in [0.15, 0.2) is 54.6 Å². The zero-order chi connectivity index (χ0) is 16.8. The van der Waals surface area contributed by atoms with Crippen LogP contribution in [0.3, 0.4) is 0 Å². The van der Waals surface area contributed by atoms with E-state index in [0.29, 0.717) is 5.82 Å². The Morgan fingerprint density at radius 3 is 2.54 bits per heavy atom. The van der Waals surface area contributed by atoms with Gasteiger partial charge in [0.25, 0.3) is 0 Å². The molecule has 6 heteroatoms. The van der Waals surface area contributed by atoms with E-state index in [4.69, 9.17) is 0 Å². The first-order chi connectivity index (χ1) is 11.7. The Kier molecular flexibility index (Phi) is 4.96. The van der Waals surface area contributed by atoms with Crippen LogP contribution in [0.1, 0.15) is 18.9 Å². The summed E-state index contributed by atoms with van der Waals surface area (Å²) in [5.74, 6) is 0.322. The summed E-state index contributed by atoms with van der Waals surface area (Å²) >= 11 is 0. The number of rotatable bonds is 6. The summed E-state index contributed by atoms with van der Waals surface area (Å²) in [4.78, 5) is 13.4. The SMILES string of the molecule is CCCc1ccc(NC(=O)Cn2nnc(-c3ccccc3)n2)cc1. The van der Waals surface area contributed by atoms with Gasteiger partial charge in [-0.25, -0.2) is 0 Å². The number of nitrogens with one attached hydrogen (secondary N) is 1. The van der Waals surface area contributed by atoms with Gasteiger partial charge in [0.05, 0.1) is 0 Å². The molecule has 0 bridgehead atoms. The van der Waals surface area contributed by atoms with Gasteiger partial charge in [-0.3, -0.25) is 4.79 Å². The molecule has 0 radical (unpaired) electrons. The van der Waals surface area contributed by atoms with Gasteiger partial charge < -0.3 is 5.32 Å². The molecule has 0 aliphatic heterocycles. The number of carbonyl (C=O) groups is 1. The number of hydrogen-bond acceptors (Lipinski definition) is 4. The monoisotopic (exact) mass is 321 g/mol. The molecular weight excluding hydrogens is 302 g/mol. The average Bonchev–Trinajstić information content (AvgIpc) is 3.06. The van der Waals surface area contributed by atoms with E-state index in [1.165, 1.54) is 10.4 Å². The summed E-state index contributed by atoms with van der Waals surface area (Å²) in [6.07, 6.45) is 2.15. The minimum absolute atomic E-state index is 0.0244. The van der Waals surface area contributed by atoms with E-state index in [-0.39, 0.29) is 12.5 Å². The lowest BCUT2D eigenvalue weighted by Crippen LogP contribution is -2.20. The largest absolute Gasteiger partial charge is 0.324 e. The Labute approximate surface area is 140 Å². The molecule has 0 unspecified atom stereocenters. The number of benzene rings is 2. The molecule has 3 aromatic rings. The third-order valence-electron chi connectivity index (χ3n) is 3.55. The number of amides is 1. The predicted octanol–water partition coefficient (Wildman–Crippen LogP) is 2.93. The fourth-order valence-electron chi connectivity index (χ4n) is 2.39. The number of anilines is 1. The molecule has 1 N–H and O–H groups in total. The summed E-state index contributed by atoms with van der Waals surface area (Å²) in [6, 6.07) is 17.4. The lowest BCUT2D eigenvalue weighted by Gasteiger charge is -2.05. The van der Waals surface area contributed by atoms with Gasteiger partial charge in [0.15, 0.2) is 0 Å². The maximum absolute atomic E-state index is 12.1. The Hall–Kier alpha value is -3.02. The lowest BCUT2D eigenvalue weighted by molar-refractivity contribution is -0.117. The van der Waals surface area contributed by atoms with Gasteiger partial charge in [-0.1, -0.05) is 55.8 Å². The van der Waals surface area contributed by atoms with Crippen molar-refractivity contribution in [3.05, 3.63) is 60.2 Å². The van der Waals surface area contributed by atoms with Crippen LogP contribution in [0.5, 0.6) is 0 Å². The van der Waals surface area contributed by atoms with Gasteiger partial charge in [0.1, 0.15) is 6.54 Å². The van der Waals surface area contributed by atoms with Crippen LogP contribution in [0.4, 0.5) is 5.69 Å². The van der Waals surface area contributed by atoms with Crippen LogP contribution >= 0.6 is 0 Å². The molecule has 1 amide bonds. The van der Waals surface area contributed by atoms with E-state index >= 15 is 0 Å². The lowest BCUT2D eigenvalue weighted by atomic mass is 10.1. The maximum Gasteiger partial charge on any atom is 0.248 e. The highest BCUT2D eigenvalue weighted by molar-refractivity contribution is 5.90. The average molecular weight is 321 g/mol. The summed E-state index contributed by atoms with van der Waals surface area (Å²) in [7, 11) is 0. The normalized spacial score (nSPS) is 10.5. The van der Waals surface area contributed by atoms with E-state index in [1.807, 2.05) is 54.6 Å². The second-order valence-corrected chi connectivity index (χ2v) is 5.50. The summed E-state index contributed by atoms with van der Waals surface area (Å²) in [5, 5.41) is 15.0. The van der Waals surface area contributed by atoms with Crippen molar-refractivity contribution in [2.24, 2.45) is 0 Å². The minimum Gasteiger partial charge on any atom is -0.324 e. The van der Waals surface area contributed by atoms with Crippen LogP contribution in [-0.2, 0) is 17.8 Å². The van der Waals surface area contributed by atoms with Crippen LogP contribution in [0, 0.1) is 0 Å². The molecule has 3 rings (SSSR count). The zero-order valence-corrected chi connectivity index (χ0v) is 13.5. The van der Waals surface area contributed by atoms with E-state index < -0.39 is 0 Å². The summed E-state index contributed by atoms with van der Waals surface area (Å²) in [5.41, 5.74) is 2.90. The number of nitrogens with zero attached hydrogens (tertiary/aromatic N) is 4. The quantitative estimate of drug-likeness (QED) is 0.757. The van der Waals surface area contributed by atoms with Gasteiger partial charge in [-0.15, -0.1) is 10.2 Å². The molecular formula is C18H19N5O. The first kappa shape index (κ1) is 15.9. The number of aromatic nitrogens is 4. The van der Waals surface area contributed by atoms with Crippen molar-refractivity contribution in [2.75, 3.05) is 5.32 Å². The molecule has 0 aliphatic rings. The molecule has 6 nitrogen and oxygen atoms in total. The Balaban J connectivity index is 1.60. The molecule has 0 aliphatic carbocycles. The van der Waals surface area contributed by atoms with Gasteiger partial charge in [0, 0.05) is 11.3 Å². The molecule has 0 fully saturated rings. The third kappa shape index (κ3) is 4.04. The van der Waals surface area contributed by atoms with Crippen LogP contribution in [0.25, 0.3) is 11.4 Å². The number of carbonyl (C=O) groups excluding carboxylic acids is 1. The summed E-state index contributed by atoms with van der Waals surface area (Å²) in [6.45, 7) is 2.17. The number of tetrazole rings is 1. The van der Waals surface area contributed by atoms with Crippen molar-refractivity contribution in [1.29, 1.82) is 0 Å². The van der Waals surface area contributed by atoms with Gasteiger partial charge in [-0.05, 0) is 29.3 Å². The van der Waals surface area contributed by atoms with Crippen molar-refractivity contribution in [3.8, 4) is 11.4 Å². The number of hydrogen-bond donors (Lipinski definition) is 1. The highest BCUT2D eigenvalue weighted by Gasteiger charge is 2.09. The second kappa shape index (κ2) is 7.50. The van der Waals surface area contributed by atoms with Crippen LogP contribution in [0.2, 0.25) is 0 Å². The highest BCUT2D eigenvalue weighted by atomic mass is 16.2. The summed E-state index contributed by atoms with van der Waals surface area (Å²) < 4.78 is 0. The van der Waals surface area contributed by atoms with Crippen molar-refractivity contribution in [1.82, 2.24) is 20.2 Å². The van der Waals surface area contributed by atoms with Crippen molar-refractivity contribution in [3.63, 3.8) is 0 Å². The van der Waals surface area contributed by atoms with Gasteiger partial charge >= 0.3 is 0 Å². The predicted molar refractivity (Wildman–Crippen MR) is 92.3 cm³/mol. The topological polar surface area (TPSA) is 72.7 Å². The molecule has 2 aromatic carbocycles. The van der Waals surface area contributed by atoms with Crippen LogP contribution in [-0.4, -0.2) is 26.1 Å². The molecule has 0 atom stereocenters. The fourth-order valence-corrected chi connectivity index (χ4v) is 2.39. The molecule has 122 valence electrons. The number of aryl methyl sites for hydroxylation is 1. The Bertz CT molecular complexity index is 796. The zero-order valence-electron chi connectivity index (χ0n) is 13.5. The standard InChI is InChI=1S/C18H19N5O/c1-2-6-14-9-11-16(12-10-14)19-17(24)13-23-21-18(20-22-23)15-7-4-3-5-8-15/h3-5,7-12H,2,6,13H2,1H3,(H,19,24). The van der Waals surface area contributed by atoms with Crippen molar-refractivity contribution >= 4 is 11.6 Å². The van der Waals surface area contributed by atoms with Gasteiger partial charge in [-0.2, -0.15) is 4.80 Å². The van der Waals surface area contributed by atoms with Crippen LogP contribution < -0.4 is 5.32 Å². The van der Waals surface area contributed by atoms with Crippen molar-refractivity contribution in [2.45, 2.75) is 26.3 Å². The van der Waals surface area contributed by atoms with Gasteiger partial charge in [0.2, 0.25) is 11.7 Å². The molecule has 24 heavy (non-hydrogen) atoms. The minimum atomic E-state index is -0.185. The highest BCUT2D eigenvalue weighted by Crippen LogP contribution is 2.13. The second-order valence-electron chi connectivity index (χ2n) is 5.50. The maximum atomic E-state index is 12.1.